The number of piperidine rings is 1. The van der Waals surface area contributed by atoms with Gasteiger partial charge < -0.3 is 10.0 Å². The van der Waals surface area contributed by atoms with E-state index in [-0.39, 0.29) is 17.9 Å². The summed E-state index contributed by atoms with van der Waals surface area (Å²) in [7, 11) is 0. The zero-order valence-corrected chi connectivity index (χ0v) is 15.1. The summed E-state index contributed by atoms with van der Waals surface area (Å²) in [4.78, 5) is 33.0. The van der Waals surface area contributed by atoms with Crippen molar-refractivity contribution < 1.29 is 14.7 Å². The molecule has 140 valence electrons. The van der Waals surface area contributed by atoms with Gasteiger partial charge in [0.25, 0.3) is 0 Å². The van der Waals surface area contributed by atoms with E-state index in [2.05, 4.69) is 9.88 Å². The molecule has 2 atom stereocenters. The van der Waals surface area contributed by atoms with E-state index in [1.807, 2.05) is 35.2 Å². The van der Waals surface area contributed by atoms with Crippen LogP contribution in [0.2, 0.25) is 0 Å². The maximum Gasteiger partial charge on any atom is 0.336 e. The maximum atomic E-state index is 13.0. The van der Waals surface area contributed by atoms with Crippen LogP contribution in [0.3, 0.4) is 0 Å². The molecule has 1 aromatic heterocycles. The summed E-state index contributed by atoms with van der Waals surface area (Å²) < 4.78 is 0. The summed E-state index contributed by atoms with van der Waals surface area (Å²) in [6, 6.07) is 13.0. The Balaban J connectivity index is 1.53. The lowest BCUT2D eigenvalue weighted by Crippen LogP contribution is -2.47. The fourth-order valence-corrected chi connectivity index (χ4v) is 4.24. The van der Waals surface area contributed by atoms with E-state index in [1.165, 1.54) is 0 Å². The van der Waals surface area contributed by atoms with Gasteiger partial charge in [0.2, 0.25) is 5.91 Å². The highest BCUT2D eigenvalue weighted by Crippen LogP contribution is 2.31. The second-order valence-corrected chi connectivity index (χ2v) is 7.37. The molecule has 0 aliphatic carbocycles. The van der Waals surface area contributed by atoms with E-state index < -0.39 is 5.97 Å². The fraction of sp³-hybridized carbons (Fsp3) is 0.381. The third-order valence-corrected chi connectivity index (χ3v) is 5.57. The highest BCUT2D eigenvalue weighted by molar-refractivity contribution is 5.89. The zero-order chi connectivity index (χ0) is 18.8. The second-order valence-electron chi connectivity index (χ2n) is 7.37. The van der Waals surface area contributed by atoms with Crippen molar-refractivity contribution in [2.45, 2.75) is 32.0 Å². The molecule has 1 aromatic carbocycles. The Morgan fingerprint density at radius 1 is 1.07 bits per heavy atom. The Morgan fingerprint density at radius 3 is 2.67 bits per heavy atom. The van der Waals surface area contributed by atoms with Gasteiger partial charge in [-0.3, -0.25) is 14.7 Å². The molecule has 6 heteroatoms. The number of hydrogen-bond acceptors (Lipinski definition) is 4. The molecular weight excluding hydrogens is 342 g/mol. The molecule has 0 spiro atoms. The number of rotatable bonds is 5. The van der Waals surface area contributed by atoms with Gasteiger partial charge in [0.05, 0.1) is 23.7 Å². The lowest BCUT2D eigenvalue weighted by atomic mass is 9.94. The van der Waals surface area contributed by atoms with Gasteiger partial charge in [-0.05, 0) is 36.6 Å². The van der Waals surface area contributed by atoms with Crippen LogP contribution >= 0.6 is 0 Å². The average Bonchev–Trinajstić information content (AvgIpc) is 2.94. The molecule has 3 saturated heterocycles. The second kappa shape index (κ2) is 7.48. The number of carboxylic acids is 1. The monoisotopic (exact) mass is 365 g/mol. The van der Waals surface area contributed by atoms with Crippen molar-refractivity contribution in [1.29, 1.82) is 0 Å². The van der Waals surface area contributed by atoms with Crippen LogP contribution in [0.4, 0.5) is 0 Å². The minimum atomic E-state index is -0.906. The Labute approximate surface area is 158 Å². The van der Waals surface area contributed by atoms with Crippen LogP contribution in [-0.4, -0.2) is 50.9 Å². The number of carboxylic acid groups (broad SMARTS) is 1. The first kappa shape index (κ1) is 17.7. The van der Waals surface area contributed by atoms with Crippen molar-refractivity contribution in [1.82, 2.24) is 14.8 Å². The van der Waals surface area contributed by atoms with Gasteiger partial charge in [0.1, 0.15) is 0 Å². The molecule has 2 bridgehead atoms. The van der Waals surface area contributed by atoms with Gasteiger partial charge in [-0.2, -0.15) is 0 Å². The Bertz CT molecular complexity index is 840. The normalized spacial score (nSPS) is 22.7. The first-order valence-electron chi connectivity index (χ1n) is 9.36. The molecule has 1 N–H and O–H groups in total. The molecule has 3 aliphatic rings. The molecule has 2 aromatic rings. The largest absolute Gasteiger partial charge is 0.478 e. The number of hydrogen-bond donors (Lipinski definition) is 1. The predicted molar refractivity (Wildman–Crippen MR) is 100.0 cm³/mol. The first-order chi connectivity index (χ1) is 13.1. The molecule has 0 unspecified atom stereocenters. The number of amides is 1. The Kier molecular flexibility index (Phi) is 4.90. The smallest absolute Gasteiger partial charge is 0.336 e. The van der Waals surface area contributed by atoms with Crippen molar-refractivity contribution in [3.05, 3.63) is 65.5 Å². The van der Waals surface area contributed by atoms with Gasteiger partial charge in [-0.25, -0.2) is 4.79 Å². The van der Waals surface area contributed by atoms with E-state index in [1.54, 1.807) is 18.3 Å². The molecule has 0 radical (unpaired) electrons. The quantitative estimate of drug-likeness (QED) is 0.881. The lowest BCUT2D eigenvalue weighted by molar-refractivity contribution is -0.140. The van der Waals surface area contributed by atoms with Gasteiger partial charge in [-0.1, -0.05) is 24.3 Å². The molecule has 5 rings (SSSR count). The van der Waals surface area contributed by atoms with Crippen molar-refractivity contribution in [3.8, 4) is 0 Å². The third kappa shape index (κ3) is 3.71. The SMILES string of the molecule is O=C(O)c1ccccc1CN1C[C@@H]2CC[C@H](C1)N(Cc1ccccn1)C2=O. The summed E-state index contributed by atoms with van der Waals surface area (Å²) in [6.45, 7) is 2.55. The van der Waals surface area contributed by atoms with Crippen LogP contribution in [0.25, 0.3) is 0 Å². The van der Waals surface area contributed by atoms with E-state index in [0.29, 0.717) is 25.2 Å². The number of benzene rings is 1. The van der Waals surface area contributed by atoms with Crippen molar-refractivity contribution >= 4 is 11.9 Å². The van der Waals surface area contributed by atoms with Crippen molar-refractivity contribution in [2.75, 3.05) is 13.1 Å². The summed E-state index contributed by atoms with van der Waals surface area (Å²) in [5.74, 6) is -0.730. The van der Waals surface area contributed by atoms with E-state index in [4.69, 9.17) is 0 Å². The Morgan fingerprint density at radius 2 is 1.89 bits per heavy atom. The molecular formula is C21H23N3O3. The minimum Gasteiger partial charge on any atom is -0.478 e. The highest BCUT2D eigenvalue weighted by Gasteiger charge is 2.40. The summed E-state index contributed by atoms with van der Waals surface area (Å²) in [5, 5.41) is 9.43. The molecule has 3 aliphatic heterocycles. The van der Waals surface area contributed by atoms with Gasteiger partial charge in [-0.15, -0.1) is 0 Å². The minimum absolute atomic E-state index is 0.0237. The van der Waals surface area contributed by atoms with Crippen molar-refractivity contribution in [3.63, 3.8) is 0 Å². The van der Waals surface area contributed by atoms with Crippen molar-refractivity contribution in [2.24, 2.45) is 5.92 Å². The van der Waals surface area contributed by atoms with Crippen LogP contribution in [0, 0.1) is 5.92 Å². The maximum absolute atomic E-state index is 13.0. The molecule has 6 nitrogen and oxygen atoms in total. The topological polar surface area (TPSA) is 73.7 Å². The fourth-order valence-electron chi connectivity index (χ4n) is 4.24. The third-order valence-electron chi connectivity index (χ3n) is 5.57. The van der Waals surface area contributed by atoms with Crippen LogP contribution in [0.15, 0.2) is 48.7 Å². The summed E-state index contributed by atoms with van der Waals surface area (Å²) >= 11 is 0. The van der Waals surface area contributed by atoms with Crippen LogP contribution < -0.4 is 0 Å². The number of aromatic carboxylic acids is 1. The summed E-state index contributed by atoms with van der Waals surface area (Å²) in [6.07, 6.45) is 3.64. The number of pyridine rings is 1. The van der Waals surface area contributed by atoms with E-state index in [9.17, 15) is 14.7 Å². The highest BCUT2D eigenvalue weighted by atomic mass is 16.4. The average molecular weight is 365 g/mol. The molecule has 4 heterocycles. The van der Waals surface area contributed by atoms with Crippen LogP contribution in [0.5, 0.6) is 0 Å². The van der Waals surface area contributed by atoms with Gasteiger partial charge >= 0.3 is 5.97 Å². The molecule has 3 fully saturated rings. The van der Waals surface area contributed by atoms with Gasteiger partial charge in [0.15, 0.2) is 0 Å². The zero-order valence-electron chi connectivity index (χ0n) is 15.1. The Hall–Kier alpha value is -2.73. The predicted octanol–water partition coefficient (Wildman–Crippen LogP) is 2.40. The van der Waals surface area contributed by atoms with E-state index in [0.717, 1.165) is 30.6 Å². The number of nitrogens with zero attached hydrogens (tertiary/aromatic N) is 3. The number of aromatic nitrogens is 1. The number of carbonyl (C=O) groups excluding carboxylic acids is 1. The van der Waals surface area contributed by atoms with Gasteiger partial charge in [0, 0.05) is 31.9 Å². The molecule has 27 heavy (non-hydrogen) atoms. The summed E-state index contributed by atoms with van der Waals surface area (Å²) in [5.41, 5.74) is 2.04. The number of fused-ring (bicyclic) bond motifs is 4. The standard InChI is InChI=1S/C21H23N3O3/c25-20-16-8-9-18(24(20)13-17-6-3-4-10-22-17)14-23(12-16)11-15-5-1-2-7-19(15)21(26)27/h1-7,10,16,18H,8-9,11-14H2,(H,26,27)/t16-,18+/m0/s1. The van der Waals surface area contributed by atoms with Crippen LogP contribution in [0.1, 0.15) is 34.5 Å². The number of carbonyl (C=O) groups is 2. The molecule has 0 saturated carbocycles. The van der Waals surface area contributed by atoms with E-state index >= 15 is 0 Å². The molecule has 1 amide bonds. The first-order valence-corrected chi connectivity index (χ1v) is 9.36. The lowest BCUT2D eigenvalue weighted by Gasteiger charge is -2.35. The van der Waals surface area contributed by atoms with Crippen LogP contribution in [-0.2, 0) is 17.9 Å².